The number of hydrogen-bond donors (Lipinski definition) is 1. The van der Waals surface area contributed by atoms with Crippen LogP contribution in [0.15, 0.2) is 18.2 Å². The van der Waals surface area contributed by atoms with Crippen molar-refractivity contribution in [2.45, 2.75) is 26.2 Å². The Morgan fingerprint density at radius 3 is 2.59 bits per heavy atom. The molecule has 1 aliphatic heterocycles. The number of nitrogens with zero attached hydrogens (tertiary/aromatic N) is 1. The number of nitrogens with one attached hydrogen (secondary N) is 1. The Kier molecular flexibility index (Phi) is 5.42. The topological polar surface area (TPSA) is 15.3 Å². The van der Waals surface area contributed by atoms with Gasteiger partial charge in [0.2, 0.25) is 0 Å². The van der Waals surface area contributed by atoms with Crippen molar-refractivity contribution < 1.29 is 4.39 Å². The number of anilines is 1. The first-order valence-corrected chi connectivity index (χ1v) is 6.36. The van der Waals surface area contributed by atoms with E-state index < -0.39 is 0 Å². The first kappa shape index (κ1) is 14.0. The first-order valence-electron chi connectivity index (χ1n) is 6.36. The fraction of sp³-hybridized carbons (Fsp3) is 0.571. The molecular formula is C14H23FN2. The average molecular weight is 238 g/mol. The van der Waals surface area contributed by atoms with E-state index in [0.29, 0.717) is 5.92 Å². The summed E-state index contributed by atoms with van der Waals surface area (Å²) in [5.41, 5.74) is 1.84. The Hall–Kier alpha value is -1.09. The molecule has 1 fully saturated rings. The van der Waals surface area contributed by atoms with Gasteiger partial charge in [0.15, 0.2) is 0 Å². The van der Waals surface area contributed by atoms with Gasteiger partial charge in [0.1, 0.15) is 5.82 Å². The van der Waals surface area contributed by atoms with Crippen LogP contribution in [0.2, 0.25) is 0 Å². The van der Waals surface area contributed by atoms with Crippen molar-refractivity contribution in [3.63, 3.8) is 0 Å². The Morgan fingerprint density at radius 1 is 1.35 bits per heavy atom. The van der Waals surface area contributed by atoms with Crippen molar-refractivity contribution in [2.75, 3.05) is 32.5 Å². The summed E-state index contributed by atoms with van der Waals surface area (Å²) in [6, 6.07) is 5.26. The van der Waals surface area contributed by atoms with E-state index in [1.807, 2.05) is 27.0 Å². The van der Waals surface area contributed by atoms with Gasteiger partial charge in [-0.15, -0.1) is 0 Å². The van der Waals surface area contributed by atoms with Crippen LogP contribution in [0.5, 0.6) is 0 Å². The van der Waals surface area contributed by atoms with Gasteiger partial charge in [-0.05, 0) is 43.8 Å². The summed E-state index contributed by atoms with van der Waals surface area (Å²) < 4.78 is 13.6. The number of benzene rings is 1. The molecule has 1 aromatic rings. The molecule has 1 aliphatic rings. The third-order valence-corrected chi connectivity index (χ3v) is 3.12. The number of hydrogen-bond acceptors (Lipinski definition) is 2. The minimum Gasteiger partial charge on any atom is -0.388 e. The van der Waals surface area contributed by atoms with E-state index in [4.69, 9.17) is 0 Å². The molecule has 0 amide bonds. The van der Waals surface area contributed by atoms with Crippen molar-refractivity contribution in [3.05, 3.63) is 29.6 Å². The summed E-state index contributed by atoms with van der Waals surface area (Å²) in [4.78, 5) is 2.25. The molecule has 1 heterocycles. The highest BCUT2D eigenvalue weighted by Gasteiger charge is 2.23. The Labute approximate surface area is 104 Å². The van der Waals surface area contributed by atoms with Crippen LogP contribution in [-0.2, 0) is 0 Å². The minimum absolute atomic E-state index is 0.0747. The predicted molar refractivity (Wildman–Crippen MR) is 72.1 cm³/mol. The maximum atomic E-state index is 13.6. The summed E-state index contributed by atoms with van der Waals surface area (Å²) in [6.45, 7) is 6.03. The van der Waals surface area contributed by atoms with E-state index in [0.717, 1.165) is 30.8 Å². The Bertz CT molecular complexity index is 352. The molecule has 2 rings (SSSR count). The van der Waals surface area contributed by atoms with Crippen LogP contribution in [0.25, 0.3) is 0 Å². The SMILES string of the molecule is CC.CNc1ccc(F)c(C2CCN(C)C2)c1. The van der Waals surface area contributed by atoms with E-state index in [1.54, 1.807) is 12.1 Å². The van der Waals surface area contributed by atoms with E-state index in [1.165, 1.54) is 0 Å². The molecule has 3 heteroatoms. The number of rotatable bonds is 2. The van der Waals surface area contributed by atoms with Crippen LogP contribution in [0.4, 0.5) is 10.1 Å². The molecule has 17 heavy (non-hydrogen) atoms. The lowest BCUT2D eigenvalue weighted by atomic mass is 9.97. The highest BCUT2D eigenvalue weighted by atomic mass is 19.1. The minimum atomic E-state index is -0.0747. The van der Waals surface area contributed by atoms with Crippen LogP contribution in [-0.4, -0.2) is 32.1 Å². The predicted octanol–water partition coefficient (Wildman–Crippen LogP) is 3.31. The van der Waals surface area contributed by atoms with Gasteiger partial charge in [0.05, 0.1) is 0 Å². The molecule has 0 aliphatic carbocycles. The standard InChI is InChI=1S/C12H17FN2.C2H6/c1-14-10-3-4-12(13)11(7-10)9-5-6-15(2)8-9;1-2/h3-4,7,9,14H,5-6,8H2,1-2H3;1-2H3. The zero-order chi connectivity index (χ0) is 12.8. The van der Waals surface area contributed by atoms with Crippen molar-refractivity contribution >= 4 is 5.69 Å². The summed E-state index contributed by atoms with van der Waals surface area (Å²) in [5, 5.41) is 3.05. The van der Waals surface area contributed by atoms with Crippen molar-refractivity contribution in [1.82, 2.24) is 4.90 Å². The fourth-order valence-corrected chi connectivity index (χ4v) is 2.20. The lowest BCUT2D eigenvalue weighted by molar-refractivity contribution is 0.410. The molecule has 0 saturated carbocycles. The molecule has 0 radical (unpaired) electrons. The van der Waals surface area contributed by atoms with E-state index in [9.17, 15) is 4.39 Å². The average Bonchev–Trinajstić information content (AvgIpc) is 2.79. The summed E-state index contributed by atoms with van der Waals surface area (Å²) in [5.74, 6) is 0.276. The van der Waals surface area contributed by atoms with Crippen LogP contribution in [0, 0.1) is 5.82 Å². The van der Waals surface area contributed by atoms with Crippen LogP contribution in [0.1, 0.15) is 31.7 Å². The molecular weight excluding hydrogens is 215 g/mol. The third kappa shape index (κ3) is 3.43. The maximum Gasteiger partial charge on any atom is 0.126 e. The number of likely N-dealkylation sites (N-methyl/N-ethyl adjacent to an activating group) is 1. The molecule has 1 aromatic carbocycles. The second-order valence-corrected chi connectivity index (χ2v) is 4.23. The van der Waals surface area contributed by atoms with Gasteiger partial charge in [0, 0.05) is 25.2 Å². The molecule has 0 spiro atoms. The molecule has 1 unspecified atom stereocenters. The largest absolute Gasteiger partial charge is 0.388 e. The Balaban J connectivity index is 0.000000686. The highest BCUT2D eigenvalue weighted by Crippen LogP contribution is 2.29. The highest BCUT2D eigenvalue weighted by molar-refractivity contribution is 5.46. The van der Waals surface area contributed by atoms with Gasteiger partial charge in [-0.2, -0.15) is 0 Å². The second-order valence-electron chi connectivity index (χ2n) is 4.23. The fourth-order valence-electron chi connectivity index (χ4n) is 2.20. The van der Waals surface area contributed by atoms with Gasteiger partial charge < -0.3 is 10.2 Å². The van der Waals surface area contributed by atoms with Gasteiger partial charge >= 0.3 is 0 Å². The van der Waals surface area contributed by atoms with Crippen LogP contribution < -0.4 is 5.32 Å². The zero-order valence-corrected chi connectivity index (χ0v) is 11.3. The van der Waals surface area contributed by atoms with E-state index in [-0.39, 0.29) is 5.82 Å². The molecule has 1 N–H and O–H groups in total. The summed E-state index contributed by atoms with van der Waals surface area (Å²) in [7, 11) is 3.94. The van der Waals surface area contributed by atoms with E-state index in [2.05, 4.69) is 17.3 Å². The molecule has 1 atom stereocenters. The zero-order valence-electron chi connectivity index (χ0n) is 11.3. The van der Waals surface area contributed by atoms with Gasteiger partial charge in [-0.3, -0.25) is 0 Å². The second kappa shape index (κ2) is 6.60. The van der Waals surface area contributed by atoms with Gasteiger partial charge in [-0.25, -0.2) is 4.39 Å². The first-order chi connectivity index (χ1) is 8.20. The quantitative estimate of drug-likeness (QED) is 0.850. The lowest BCUT2D eigenvalue weighted by Gasteiger charge is -2.13. The third-order valence-electron chi connectivity index (χ3n) is 3.12. The Morgan fingerprint density at radius 2 is 2.06 bits per heavy atom. The summed E-state index contributed by atoms with van der Waals surface area (Å²) >= 11 is 0. The number of halogens is 1. The smallest absolute Gasteiger partial charge is 0.126 e. The van der Waals surface area contributed by atoms with Crippen molar-refractivity contribution in [1.29, 1.82) is 0 Å². The van der Waals surface area contributed by atoms with Crippen LogP contribution >= 0.6 is 0 Å². The lowest BCUT2D eigenvalue weighted by Crippen LogP contribution is -2.13. The van der Waals surface area contributed by atoms with Gasteiger partial charge in [-0.1, -0.05) is 13.8 Å². The van der Waals surface area contributed by atoms with Crippen molar-refractivity contribution in [3.8, 4) is 0 Å². The monoisotopic (exact) mass is 238 g/mol. The van der Waals surface area contributed by atoms with E-state index >= 15 is 0 Å². The maximum absolute atomic E-state index is 13.6. The van der Waals surface area contributed by atoms with Crippen LogP contribution in [0.3, 0.4) is 0 Å². The van der Waals surface area contributed by atoms with Gasteiger partial charge in [0.25, 0.3) is 0 Å². The van der Waals surface area contributed by atoms with Crippen molar-refractivity contribution in [2.24, 2.45) is 0 Å². The molecule has 0 aromatic heterocycles. The molecule has 0 bridgehead atoms. The number of likely N-dealkylation sites (tertiary alicyclic amines) is 1. The molecule has 1 saturated heterocycles. The molecule has 2 nitrogen and oxygen atoms in total. The molecule has 96 valence electrons. The normalized spacial score (nSPS) is 19.7. The summed E-state index contributed by atoms with van der Waals surface area (Å²) in [6.07, 6.45) is 1.06.